The fourth-order valence-electron chi connectivity index (χ4n) is 3.68. The minimum Gasteiger partial charge on any atom is -0.383 e. The molecule has 2 atom stereocenters. The Kier molecular flexibility index (Phi) is 5.81. The van der Waals surface area contributed by atoms with E-state index in [0.29, 0.717) is 18.5 Å². The van der Waals surface area contributed by atoms with Gasteiger partial charge in [-0.1, -0.05) is 13.8 Å². The van der Waals surface area contributed by atoms with E-state index in [-0.39, 0.29) is 5.54 Å². The van der Waals surface area contributed by atoms with E-state index in [0.717, 1.165) is 46.0 Å². The van der Waals surface area contributed by atoms with Crippen LogP contribution in [0.25, 0.3) is 0 Å². The minimum atomic E-state index is -0.0181. The lowest BCUT2D eigenvalue weighted by Crippen LogP contribution is -2.60. The van der Waals surface area contributed by atoms with Gasteiger partial charge in [0.25, 0.3) is 0 Å². The van der Waals surface area contributed by atoms with E-state index in [1.54, 1.807) is 7.11 Å². The van der Waals surface area contributed by atoms with Crippen molar-refractivity contribution in [3.05, 3.63) is 0 Å². The quantitative estimate of drug-likeness (QED) is 0.765. The van der Waals surface area contributed by atoms with Gasteiger partial charge >= 0.3 is 0 Å². The zero-order valence-electron chi connectivity index (χ0n) is 13.3. The minimum absolute atomic E-state index is 0.0181. The maximum atomic E-state index is 6.14. The molecular weight excluding hydrogens is 254 g/mol. The van der Waals surface area contributed by atoms with Crippen LogP contribution in [0.4, 0.5) is 0 Å². The summed E-state index contributed by atoms with van der Waals surface area (Å²) in [6, 6.07) is 0.653. The van der Waals surface area contributed by atoms with Crippen LogP contribution in [0, 0.1) is 5.92 Å². The Morgan fingerprint density at radius 3 is 2.55 bits per heavy atom. The van der Waals surface area contributed by atoms with E-state index in [1.807, 2.05) is 0 Å². The highest BCUT2D eigenvalue weighted by atomic mass is 16.5. The molecule has 0 aromatic heterocycles. The van der Waals surface area contributed by atoms with Gasteiger partial charge in [-0.05, 0) is 12.3 Å². The van der Waals surface area contributed by atoms with Crippen LogP contribution in [0.2, 0.25) is 0 Å². The molecular formula is C15H31N3O2. The summed E-state index contributed by atoms with van der Waals surface area (Å²) in [7, 11) is 1.78. The number of rotatable bonds is 6. The van der Waals surface area contributed by atoms with Crippen molar-refractivity contribution in [3.8, 4) is 0 Å². The second-order valence-corrected chi connectivity index (χ2v) is 6.43. The molecule has 2 saturated heterocycles. The van der Waals surface area contributed by atoms with Crippen molar-refractivity contribution >= 4 is 0 Å². The van der Waals surface area contributed by atoms with Crippen LogP contribution in [0.5, 0.6) is 0 Å². The molecule has 2 aliphatic heterocycles. The molecule has 2 unspecified atom stereocenters. The summed E-state index contributed by atoms with van der Waals surface area (Å²) >= 11 is 0. The molecule has 2 aliphatic rings. The first-order valence-corrected chi connectivity index (χ1v) is 7.90. The zero-order chi connectivity index (χ0) is 14.6. The molecule has 118 valence electrons. The molecule has 0 aliphatic carbocycles. The van der Waals surface area contributed by atoms with Crippen molar-refractivity contribution in [3.63, 3.8) is 0 Å². The van der Waals surface area contributed by atoms with Crippen molar-refractivity contribution < 1.29 is 9.47 Å². The molecule has 5 nitrogen and oxygen atoms in total. The van der Waals surface area contributed by atoms with Gasteiger partial charge in [-0.15, -0.1) is 0 Å². The van der Waals surface area contributed by atoms with Crippen LogP contribution in [0.15, 0.2) is 0 Å². The van der Waals surface area contributed by atoms with E-state index in [2.05, 4.69) is 23.6 Å². The molecule has 0 aromatic rings. The molecule has 0 bridgehead atoms. The Morgan fingerprint density at radius 1 is 1.30 bits per heavy atom. The molecule has 0 saturated carbocycles. The van der Waals surface area contributed by atoms with Gasteiger partial charge in [-0.2, -0.15) is 0 Å². The van der Waals surface area contributed by atoms with Gasteiger partial charge in [0.15, 0.2) is 0 Å². The van der Waals surface area contributed by atoms with Crippen LogP contribution >= 0.6 is 0 Å². The summed E-state index contributed by atoms with van der Waals surface area (Å²) < 4.78 is 11.0. The number of morpholine rings is 1. The van der Waals surface area contributed by atoms with Gasteiger partial charge in [0.05, 0.1) is 25.4 Å². The summed E-state index contributed by atoms with van der Waals surface area (Å²) in [4.78, 5) is 5.15. The van der Waals surface area contributed by atoms with E-state index in [9.17, 15) is 0 Å². The van der Waals surface area contributed by atoms with Gasteiger partial charge < -0.3 is 15.2 Å². The Bertz CT molecular complexity index is 295. The largest absolute Gasteiger partial charge is 0.383 e. The number of likely N-dealkylation sites (tertiary alicyclic amines) is 1. The fraction of sp³-hybridized carbons (Fsp3) is 1.00. The van der Waals surface area contributed by atoms with Crippen molar-refractivity contribution in [1.29, 1.82) is 0 Å². The number of nitrogens with two attached hydrogens (primary N) is 1. The number of methoxy groups -OCH3 is 1. The molecule has 2 heterocycles. The van der Waals surface area contributed by atoms with Crippen LogP contribution in [-0.2, 0) is 9.47 Å². The molecule has 2 fully saturated rings. The summed E-state index contributed by atoms with van der Waals surface area (Å²) in [6.45, 7) is 12.0. The monoisotopic (exact) mass is 285 g/mol. The maximum absolute atomic E-state index is 6.14. The smallest absolute Gasteiger partial charge is 0.0661 e. The van der Waals surface area contributed by atoms with E-state index >= 15 is 0 Å². The molecule has 0 amide bonds. The predicted octanol–water partition coefficient (Wildman–Crippen LogP) is 0.393. The van der Waals surface area contributed by atoms with Crippen molar-refractivity contribution in [1.82, 2.24) is 9.80 Å². The highest BCUT2D eigenvalue weighted by Crippen LogP contribution is 2.30. The van der Waals surface area contributed by atoms with Gasteiger partial charge in [0, 0.05) is 45.9 Å². The highest BCUT2D eigenvalue weighted by molar-refractivity contribution is 4.99. The van der Waals surface area contributed by atoms with Crippen molar-refractivity contribution in [2.75, 3.05) is 59.7 Å². The Labute approximate surface area is 123 Å². The van der Waals surface area contributed by atoms with Crippen LogP contribution < -0.4 is 5.73 Å². The summed E-state index contributed by atoms with van der Waals surface area (Å²) in [5.41, 5.74) is 6.13. The Balaban J connectivity index is 2.01. The molecule has 2 rings (SSSR count). The highest BCUT2D eigenvalue weighted by Gasteiger charge is 2.43. The second kappa shape index (κ2) is 7.18. The summed E-state index contributed by atoms with van der Waals surface area (Å²) in [6.07, 6.45) is 1.23. The maximum Gasteiger partial charge on any atom is 0.0661 e. The average Bonchev–Trinajstić information content (AvgIpc) is 2.95. The lowest BCUT2D eigenvalue weighted by atomic mass is 9.85. The Hall–Kier alpha value is -0.200. The third-order valence-electron chi connectivity index (χ3n) is 5.18. The number of ether oxygens (including phenoxy) is 2. The number of hydrogen-bond acceptors (Lipinski definition) is 5. The predicted molar refractivity (Wildman–Crippen MR) is 80.9 cm³/mol. The number of hydrogen-bond donors (Lipinski definition) is 1. The van der Waals surface area contributed by atoms with E-state index in [4.69, 9.17) is 15.2 Å². The van der Waals surface area contributed by atoms with E-state index in [1.165, 1.54) is 6.42 Å². The van der Waals surface area contributed by atoms with Gasteiger partial charge in [-0.3, -0.25) is 9.80 Å². The second-order valence-electron chi connectivity index (χ2n) is 6.43. The molecule has 0 spiro atoms. The third-order valence-corrected chi connectivity index (χ3v) is 5.18. The fourth-order valence-corrected chi connectivity index (χ4v) is 3.68. The molecule has 0 aromatic carbocycles. The lowest BCUT2D eigenvalue weighted by molar-refractivity contribution is -0.0146. The van der Waals surface area contributed by atoms with Gasteiger partial charge in [0.2, 0.25) is 0 Å². The first kappa shape index (κ1) is 16.2. The summed E-state index contributed by atoms with van der Waals surface area (Å²) in [5.74, 6) is 0.496. The molecule has 5 heteroatoms. The first-order valence-electron chi connectivity index (χ1n) is 7.90. The Morgan fingerprint density at radius 2 is 2.00 bits per heavy atom. The van der Waals surface area contributed by atoms with Crippen molar-refractivity contribution in [2.45, 2.75) is 31.8 Å². The normalized spacial score (nSPS) is 28.9. The SMILES string of the molecule is COCC(CN)(C(C)C)N1CCC(N2CCOCC2)C1. The van der Waals surface area contributed by atoms with Gasteiger partial charge in [-0.25, -0.2) is 0 Å². The van der Waals surface area contributed by atoms with Crippen LogP contribution in [0.3, 0.4) is 0 Å². The lowest BCUT2D eigenvalue weighted by Gasteiger charge is -2.44. The topological polar surface area (TPSA) is 51.0 Å². The van der Waals surface area contributed by atoms with Crippen LogP contribution in [0.1, 0.15) is 20.3 Å². The zero-order valence-corrected chi connectivity index (χ0v) is 13.3. The summed E-state index contributed by atoms with van der Waals surface area (Å²) in [5, 5.41) is 0. The van der Waals surface area contributed by atoms with Crippen molar-refractivity contribution in [2.24, 2.45) is 11.7 Å². The third kappa shape index (κ3) is 3.17. The number of nitrogens with zero attached hydrogens (tertiary/aromatic N) is 2. The molecule has 20 heavy (non-hydrogen) atoms. The first-order chi connectivity index (χ1) is 9.64. The average molecular weight is 285 g/mol. The molecule has 0 radical (unpaired) electrons. The van der Waals surface area contributed by atoms with E-state index < -0.39 is 0 Å². The van der Waals surface area contributed by atoms with Gasteiger partial charge in [0.1, 0.15) is 0 Å². The standard InChI is InChI=1S/C15H31N3O2/c1-13(2)15(11-16,12-19-3)18-5-4-14(10-18)17-6-8-20-9-7-17/h13-14H,4-12,16H2,1-3H3. The van der Waals surface area contributed by atoms with Crippen LogP contribution in [-0.4, -0.2) is 81.0 Å². The molecule has 2 N–H and O–H groups in total.